The minimum atomic E-state index is -1.18. The monoisotopic (exact) mass is 272 g/mol. The fraction of sp³-hybridized carbons (Fsp3) is 0.0667. The third-order valence-electron chi connectivity index (χ3n) is 2.90. The van der Waals surface area contributed by atoms with Gasteiger partial charge in [-0.2, -0.15) is 0 Å². The number of aliphatic hydroxyl groups excluding tert-OH is 1. The molecule has 0 aliphatic rings. The average Bonchev–Trinajstić information content (AvgIpc) is 2.46. The van der Waals surface area contributed by atoms with Crippen LogP contribution in [-0.2, 0) is 6.61 Å². The van der Waals surface area contributed by atoms with E-state index in [4.69, 9.17) is 15.3 Å². The van der Waals surface area contributed by atoms with Crippen molar-refractivity contribution >= 4 is 11.9 Å². The van der Waals surface area contributed by atoms with Crippen LogP contribution in [0.3, 0.4) is 0 Å². The van der Waals surface area contributed by atoms with Crippen molar-refractivity contribution in [2.75, 3.05) is 0 Å². The molecular weight excluding hydrogens is 260 g/mol. The van der Waals surface area contributed by atoms with Crippen LogP contribution in [0.5, 0.6) is 0 Å². The Kier molecular flexibility index (Phi) is 3.81. The minimum absolute atomic E-state index is 0.0777. The zero-order valence-corrected chi connectivity index (χ0v) is 10.4. The summed E-state index contributed by atoms with van der Waals surface area (Å²) in [5.74, 6) is -2.36. The second-order valence-corrected chi connectivity index (χ2v) is 4.26. The summed E-state index contributed by atoms with van der Waals surface area (Å²) in [4.78, 5) is 22.1. The lowest BCUT2D eigenvalue weighted by Gasteiger charge is -2.06. The van der Waals surface area contributed by atoms with Crippen LogP contribution in [0.25, 0.3) is 11.1 Å². The maximum Gasteiger partial charge on any atom is 0.335 e. The van der Waals surface area contributed by atoms with Crippen molar-refractivity contribution < 1.29 is 24.9 Å². The minimum Gasteiger partial charge on any atom is -0.478 e. The van der Waals surface area contributed by atoms with Gasteiger partial charge >= 0.3 is 11.9 Å². The predicted octanol–water partition coefficient (Wildman–Crippen LogP) is 2.24. The molecule has 0 amide bonds. The third kappa shape index (κ3) is 2.84. The molecule has 0 aliphatic carbocycles. The standard InChI is InChI=1S/C15H12O5/c16-8-9-1-3-10(4-2-9)11-5-12(14(17)18)7-13(6-11)15(19)20/h1-7,16H,8H2,(H,17,18)(H,19,20). The lowest BCUT2D eigenvalue weighted by atomic mass is 9.99. The Bertz CT molecular complexity index is 626. The van der Waals surface area contributed by atoms with Gasteiger partial charge < -0.3 is 15.3 Å². The highest BCUT2D eigenvalue weighted by atomic mass is 16.4. The van der Waals surface area contributed by atoms with Crippen molar-refractivity contribution in [1.82, 2.24) is 0 Å². The first-order chi connectivity index (χ1) is 9.51. The van der Waals surface area contributed by atoms with Crippen LogP contribution in [0.4, 0.5) is 0 Å². The van der Waals surface area contributed by atoms with Crippen LogP contribution in [0.1, 0.15) is 26.3 Å². The summed E-state index contributed by atoms with van der Waals surface area (Å²) in [6.07, 6.45) is 0. The molecule has 0 aromatic heterocycles. The number of carbonyl (C=O) groups is 2. The molecule has 2 rings (SSSR count). The second kappa shape index (κ2) is 5.54. The van der Waals surface area contributed by atoms with Crippen LogP contribution in [-0.4, -0.2) is 27.3 Å². The lowest BCUT2D eigenvalue weighted by molar-refractivity contribution is 0.0696. The summed E-state index contributed by atoms with van der Waals surface area (Å²) in [5, 5.41) is 27.0. The SMILES string of the molecule is O=C(O)c1cc(C(=O)O)cc(-c2ccc(CO)cc2)c1. The first-order valence-corrected chi connectivity index (χ1v) is 5.83. The fourth-order valence-electron chi connectivity index (χ4n) is 1.84. The molecule has 5 nitrogen and oxygen atoms in total. The van der Waals surface area contributed by atoms with E-state index in [1.807, 2.05) is 0 Å². The van der Waals surface area contributed by atoms with Crippen LogP contribution in [0.15, 0.2) is 42.5 Å². The van der Waals surface area contributed by atoms with E-state index in [-0.39, 0.29) is 17.7 Å². The molecule has 0 fully saturated rings. The summed E-state index contributed by atoms with van der Waals surface area (Å²) in [5.41, 5.74) is 1.76. The zero-order valence-electron chi connectivity index (χ0n) is 10.4. The van der Waals surface area contributed by atoms with Crippen molar-refractivity contribution in [2.24, 2.45) is 0 Å². The Hall–Kier alpha value is -2.66. The van der Waals surface area contributed by atoms with Gasteiger partial charge in [0.05, 0.1) is 17.7 Å². The summed E-state index contributed by atoms with van der Waals surface area (Å²) in [7, 11) is 0. The Balaban J connectivity index is 2.53. The summed E-state index contributed by atoms with van der Waals surface area (Å²) in [6, 6.07) is 10.8. The smallest absolute Gasteiger partial charge is 0.335 e. The second-order valence-electron chi connectivity index (χ2n) is 4.26. The Morgan fingerprint density at radius 3 is 1.70 bits per heavy atom. The van der Waals surface area contributed by atoms with Gasteiger partial charge in [-0.3, -0.25) is 0 Å². The summed E-state index contributed by atoms with van der Waals surface area (Å²) >= 11 is 0. The molecule has 0 atom stereocenters. The predicted molar refractivity (Wildman–Crippen MR) is 71.7 cm³/mol. The van der Waals surface area contributed by atoms with Gasteiger partial charge in [0.2, 0.25) is 0 Å². The average molecular weight is 272 g/mol. The van der Waals surface area contributed by atoms with Gasteiger partial charge in [0, 0.05) is 0 Å². The van der Waals surface area contributed by atoms with Gasteiger partial charge in [-0.05, 0) is 34.9 Å². The molecule has 2 aromatic rings. The molecule has 0 heterocycles. The van der Waals surface area contributed by atoms with E-state index in [2.05, 4.69) is 0 Å². The number of hydrogen-bond donors (Lipinski definition) is 3. The maximum absolute atomic E-state index is 11.0. The molecule has 0 saturated carbocycles. The zero-order chi connectivity index (χ0) is 14.7. The summed E-state index contributed by atoms with van der Waals surface area (Å²) in [6.45, 7) is -0.0875. The number of benzene rings is 2. The molecule has 102 valence electrons. The maximum atomic E-state index is 11.0. The highest BCUT2D eigenvalue weighted by Crippen LogP contribution is 2.23. The molecule has 2 aromatic carbocycles. The highest BCUT2D eigenvalue weighted by molar-refractivity contribution is 5.96. The highest BCUT2D eigenvalue weighted by Gasteiger charge is 2.12. The van der Waals surface area contributed by atoms with E-state index in [9.17, 15) is 9.59 Å². The molecule has 3 N–H and O–H groups in total. The summed E-state index contributed by atoms with van der Waals surface area (Å²) < 4.78 is 0. The van der Waals surface area contributed by atoms with Gasteiger partial charge in [-0.25, -0.2) is 9.59 Å². The Morgan fingerprint density at radius 2 is 1.30 bits per heavy atom. The van der Waals surface area contributed by atoms with E-state index >= 15 is 0 Å². The van der Waals surface area contributed by atoms with Crippen molar-refractivity contribution in [3.8, 4) is 11.1 Å². The topological polar surface area (TPSA) is 94.8 Å². The van der Waals surface area contributed by atoms with Gasteiger partial charge in [-0.15, -0.1) is 0 Å². The number of aliphatic hydroxyl groups is 1. The van der Waals surface area contributed by atoms with E-state index < -0.39 is 11.9 Å². The van der Waals surface area contributed by atoms with Gasteiger partial charge in [0.1, 0.15) is 0 Å². The van der Waals surface area contributed by atoms with Gasteiger partial charge in [0.25, 0.3) is 0 Å². The largest absolute Gasteiger partial charge is 0.478 e. The molecule has 5 heteroatoms. The number of carboxylic acid groups (broad SMARTS) is 2. The Labute approximate surface area is 114 Å². The van der Waals surface area contributed by atoms with Crippen molar-refractivity contribution in [1.29, 1.82) is 0 Å². The quantitative estimate of drug-likeness (QED) is 0.793. The third-order valence-corrected chi connectivity index (χ3v) is 2.90. The molecule has 20 heavy (non-hydrogen) atoms. The van der Waals surface area contributed by atoms with E-state index in [1.165, 1.54) is 12.1 Å². The molecule has 0 bridgehead atoms. The first kappa shape index (κ1) is 13.8. The molecule has 0 spiro atoms. The fourth-order valence-corrected chi connectivity index (χ4v) is 1.84. The van der Waals surface area contributed by atoms with E-state index in [0.717, 1.165) is 11.6 Å². The van der Waals surface area contributed by atoms with Crippen molar-refractivity contribution in [3.63, 3.8) is 0 Å². The normalized spacial score (nSPS) is 10.2. The van der Waals surface area contributed by atoms with Gasteiger partial charge in [-0.1, -0.05) is 24.3 Å². The molecule has 0 radical (unpaired) electrons. The number of rotatable bonds is 4. The van der Waals surface area contributed by atoms with E-state index in [1.54, 1.807) is 24.3 Å². The van der Waals surface area contributed by atoms with Crippen LogP contribution < -0.4 is 0 Å². The van der Waals surface area contributed by atoms with Crippen molar-refractivity contribution in [3.05, 3.63) is 59.2 Å². The molecular formula is C15H12O5. The molecule has 0 aliphatic heterocycles. The van der Waals surface area contributed by atoms with Gasteiger partial charge in [0.15, 0.2) is 0 Å². The van der Waals surface area contributed by atoms with Crippen LogP contribution in [0.2, 0.25) is 0 Å². The lowest BCUT2D eigenvalue weighted by Crippen LogP contribution is -2.03. The van der Waals surface area contributed by atoms with Crippen LogP contribution >= 0.6 is 0 Å². The van der Waals surface area contributed by atoms with E-state index in [0.29, 0.717) is 11.1 Å². The number of carboxylic acids is 2. The number of hydrogen-bond acceptors (Lipinski definition) is 3. The Morgan fingerprint density at radius 1 is 0.800 bits per heavy atom. The number of aromatic carboxylic acids is 2. The van der Waals surface area contributed by atoms with Crippen LogP contribution in [0, 0.1) is 0 Å². The molecule has 0 unspecified atom stereocenters. The van der Waals surface area contributed by atoms with Crippen molar-refractivity contribution in [2.45, 2.75) is 6.61 Å². The molecule has 0 saturated heterocycles. The first-order valence-electron chi connectivity index (χ1n) is 5.83.